The summed E-state index contributed by atoms with van der Waals surface area (Å²) >= 11 is 1.60. The predicted molar refractivity (Wildman–Crippen MR) is 83.9 cm³/mol. The third-order valence-corrected chi connectivity index (χ3v) is 4.73. The number of rotatable bonds is 3. The minimum Gasteiger partial charge on any atom is -0.469 e. The molecule has 1 aliphatic rings. The molecule has 1 aliphatic heterocycles. The van der Waals surface area contributed by atoms with E-state index in [1.807, 2.05) is 5.38 Å². The van der Waals surface area contributed by atoms with Crippen molar-refractivity contribution in [3.63, 3.8) is 0 Å². The highest BCUT2D eigenvalue weighted by Gasteiger charge is 2.17. The number of methoxy groups -OCH3 is 1. The molecule has 0 N–H and O–H groups in total. The lowest BCUT2D eigenvalue weighted by atomic mass is 10.0. The lowest BCUT2D eigenvalue weighted by Crippen LogP contribution is -2.25. The van der Waals surface area contributed by atoms with Crippen molar-refractivity contribution in [3.05, 3.63) is 46.5 Å². The molecular weight excluding hydrogens is 284 g/mol. The molecule has 0 fully saturated rings. The van der Waals surface area contributed by atoms with Gasteiger partial charge in [-0.05, 0) is 24.0 Å². The van der Waals surface area contributed by atoms with E-state index >= 15 is 0 Å². The second-order valence-corrected chi connectivity index (χ2v) is 5.97. The standard InChI is InChI=1S/C16H18N2O2S/c1-20-15(19)10-14-11-21-16(17-14)18-8-6-12-4-2-3-5-13(12)7-9-18/h2-5,11H,6-10H2,1H3. The van der Waals surface area contributed by atoms with Gasteiger partial charge in [-0.1, -0.05) is 24.3 Å². The number of ether oxygens (including phenoxy) is 1. The molecule has 0 atom stereocenters. The summed E-state index contributed by atoms with van der Waals surface area (Å²) < 4.78 is 4.68. The van der Waals surface area contributed by atoms with Gasteiger partial charge in [0.15, 0.2) is 5.13 Å². The van der Waals surface area contributed by atoms with Crippen LogP contribution in [0.1, 0.15) is 16.8 Å². The van der Waals surface area contributed by atoms with Crippen LogP contribution in [-0.4, -0.2) is 31.2 Å². The SMILES string of the molecule is COC(=O)Cc1csc(N2CCc3ccccc3CC2)n1. The molecule has 0 radical (unpaired) electrons. The molecule has 0 saturated carbocycles. The number of benzene rings is 1. The molecular formula is C16H18N2O2S. The molecule has 0 amide bonds. The highest BCUT2D eigenvalue weighted by molar-refractivity contribution is 7.13. The number of carbonyl (C=O) groups excluding carboxylic acids is 1. The Kier molecular flexibility index (Phi) is 4.20. The van der Waals surface area contributed by atoms with Crippen LogP contribution in [0.5, 0.6) is 0 Å². The van der Waals surface area contributed by atoms with Gasteiger partial charge >= 0.3 is 5.97 Å². The van der Waals surface area contributed by atoms with E-state index in [1.54, 1.807) is 11.3 Å². The monoisotopic (exact) mass is 302 g/mol. The van der Waals surface area contributed by atoms with Crippen LogP contribution in [0.3, 0.4) is 0 Å². The van der Waals surface area contributed by atoms with E-state index in [-0.39, 0.29) is 12.4 Å². The van der Waals surface area contributed by atoms with E-state index < -0.39 is 0 Å². The van der Waals surface area contributed by atoms with Crippen LogP contribution >= 0.6 is 11.3 Å². The zero-order valence-corrected chi connectivity index (χ0v) is 12.9. The number of hydrogen-bond donors (Lipinski definition) is 0. The summed E-state index contributed by atoms with van der Waals surface area (Å²) in [4.78, 5) is 18.2. The van der Waals surface area contributed by atoms with Crippen LogP contribution < -0.4 is 4.90 Å². The molecule has 1 aromatic heterocycles. The minimum absolute atomic E-state index is 0.241. The number of carbonyl (C=O) groups is 1. The molecule has 2 aromatic rings. The van der Waals surface area contributed by atoms with Gasteiger partial charge in [-0.2, -0.15) is 0 Å². The van der Waals surface area contributed by atoms with E-state index in [9.17, 15) is 4.79 Å². The maximum absolute atomic E-state index is 11.3. The topological polar surface area (TPSA) is 42.4 Å². The fraction of sp³-hybridized carbons (Fsp3) is 0.375. The van der Waals surface area contributed by atoms with Crippen molar-refractivity contribution < 1.29 is 9.53 Å². The van der Waals surface area contributed by atoms with Crippen LogP contribution in [0.25, 0.3) is 0 Å². The van der Waals surface area contributed by atoms with Crippen molar-refractivity contribution >= 4 is 22.4 Å². The van der Waals surface area contributed by atoms with E-state index in [1.165, 1.54) is 18.2 Å². The largest absolute Gasteiger partial charge is 0.469 e. The minimum atomic E-state index is -0.241. The Morgan fingerprint density at radius 2 is 1.95 bits per heavy atom. The summed E-state index contributed by atoms with van der Waals surface area (Å²) in [5.74, 6) is -0.241. The number of nitrogens with zero attached hydrogens (tertiary/aromatic N) is 2. The third-order valence-electron chi connectivity index (χ3n) is 3.78. The second kappa shape index (κ2) is 6.26. The molecule has 0 bridgehead atoms. The molecule has 0 saturated heterocycles. The van der Waals surface area contributed by atoms with Crippen molar-refractivity contribution in [3.8, 4) is 0 Å². The summed E-state index contributed by atoms with van der Waals surface area (Å²) in [7, 11) is 1.40. The lowest BCUT2D eigenvalue weighted by Gasteiger charge is -2.18. The van der Waals surface area contributed by atoms with Gasteiger partial charge < -0.3 is 9.64 Å². The van der Waals surface area contributed by atoms with Crippen LogP contribution in [0.15, 0.2) is 29.6 Å². The second-order valence-electron chi connectivity index (χ2n) is 5.13. The number of hydrogen-bond acceptors (Lipinski definition) is 5. The Morgan fingerprint density at radius 3 is 2.57 bits per heavy atom. The average Bonchev–Trinajstić information content (AvgIpc) is 2.85. The molecule has 0 spiro atoms. The molecule has 1 aromatic carbocycles. The maximum atomic E-state index is 11.3. The molecule has 110 valence electrons. The first-order valence-corrected chi connectivity index (χ1v) is 7.97. The van der Waals surface area contributed by atoms with Gasteiger partial charge in [-0.15, -0.1) is 11.3 Å². The van der Waals surface area contributed by atoms with Crippen LogP contribution in [0.2, 0.25) is 0 Å². The average molecular weight is 302 g/mol. The van der Waals surface area contributed by atoms with Gasteiger partial charge in [0.2, 0.25) is 0 Å². The van der Waals surface area contributed by atoms with Gasteiger partial charge in [0, 0.05) is 18.5 Å². The summed E-state index contributed by atoms with van der Waals surface area (Å²) in [5, 5.41) is 2.95. The Morgan fingerprint density at radius 1 is 1.29 bits per heavy atom. The summed E-state index contributed by atoms with van der Waals surface area (Å²) in [5.41, 5.74) is 3.67. The van der Waals surface area contributed by atoms with E-state index in [0.29, 0.717) is 0 Å². The quantitative estimate of drug-likeness (QED) is 0.817. The lowest BCUT2D eigenvalue weighted by molar-refractivity contribution is -0.139. The highest BCUT2D eigenvalue weighted by Crippen LogP contribution is 2.24. The van der Waals surface area contributed by atoms with Crippen LogP contribution in [-0.2, 0) is 28.8 Å². The Balaban J connectivity index is 1.70. The number of aromatic nitrogens is 1. The fourth-order valence-electron chi connectivity index (χ4n) is 2.60. The summed E-state index contributed by atoms with van der Waals surface area (Å²) in [6.45, 7) is 1.95. The van der Waals surface area contributed by atoms with Gasteiger partial charge in [0.05, 0.1) is 19.2 Å². The molecule has 21 heavy (non-hydrogen) atoms. The van der Waals surface area contributed by atoms with Crippen molar-refractivity contribution in [1.29, 1.82) is 0 Å². The maximum Gasteiger partial charge on any atom is 0.311 e. The van der Waals surface area contributed by atoms with Crippen LogP contribution in [0.4, 0.5) is 5.13 Å². The first-order valence-electron chi connectivity index (χ1n) is 7.09. The van der Waals surface area contributed by atoms with E-state index in [0.717, 1.165) is 36.8 Å². The Bertz CT molecular complexity index is 612. The fourth-order valence-corrected chi connectivity index (χ4v) is 3.48. The normalized spacial score (nSPS) is 14.4. The number of thiazole rings is 1. The molecule has 5 heteroatoms. The smallest absolute Gasteiger partial charge is 0.311 e. The third kappa shape index (κ3) is 3.24. The van der Waals surface area contributed by atoms with Crippen molar-refractivity contribution in [2.75, 3.05) is 25.1 Å². The Labute approximate surface area is 128 Å². The zero-order chi connectivity index (χ0) is 14.7. The first-order chi connectivity index (χ1) is 10.3. The molecule has 2 heterocycles. The summed E-state index contributed by atoms with van der Waals surface area (Å²) in [6.07, 6.45) is 2.34. The molecule has 4 nitrogen and oxygen atoms in total. The molecule has 3 rings (SSSR count). The number of anilines is 1. The highest BCUT2D eigenvalue weighted by atomic mass is 32.1. The summed E-state index contributed by atoms with van der Waals surface area (Å²) in [6, 6.07) is 8.63. The van der Waals surface area contributed by atoms with Gasteiger partial charge in [-0.25, -0.2) is 4.98 Å². The van der Waals surface area contributed by atoms with Gasteiger partial charge in [0.25, 0.3) is 0 Å². The first kappa shape index (κ1) is 14.1. The Hall–Kier alpha value is -1.88. The van der Waals surface area contributed by atoms with Gasteiger partial charge in [0.1, 0.15) is 0 Å². The van der Waals surface area contributed by atoms with Crippen molar-refractivity contribution in [2.24, 2.45) is 0 Å². The number of esters is 1. The van der Waals surface area contributed by atoms with E-state index in [4.69, 9.17) is 0 Å². The van der Waals surface area contributed by atoms with Crippen molar-refractivity contribution in [1.82, 2.24) is 4.98 Å². The predicted octanol–water partition coefficient (Wildman–Crippen LogP) is 2.46. The number of fused-ring (bicyclic) bond motifs is 1. The van der Waals surface area contributed by atoms with Gasteiger partial charge in [-0.3, -0.25) is 4.79 Å². The zero-order valence-electron chi connectivity index (χ0n) is 12.0. The molecule has 0 aliphatic carbocycles. The van der Waals surface area contributed by atoms with Crippen LogP contribution in [0, 0.1) is 0 Å². The molecule has 0 unspecified atom stereocenters. The van der Waals surface area contributed by atoms with Crippen molar-refractivity contribution in [2.45, 2.75) is 19.3 Å². The van der Waals surface area contributed by atoms with E-state index in [2.05, 4.69) is 38.9 Å².